The summed E-state index contributed by atoms with van der Waals surface area (Å²) in [4.78, 5) is 0. The summed E-state index contributed by atoms with van der Waals surface area (Å²) in [5.74, 6) is 0.420. The van der Waals surface area contributed by atoms with Crippen LogP contribution in [0.4, 0.5) is 0 Å². The number of hydrogen-bond acceptors (Lipinski definition) is 1. The molecule has 0 saturated carbocycles. The molecule has 0 spiro atoms. The molecule has 0 radical (unpaired) electrons. The van der Waals surface area contributed by atoms with Crippen molar-refractivity contribution < 1.29 is 5.11 Å². The molecule has 0 unspecified atom stereocenters. The van der Waals surface area contributed by atoms with Crippen LogP contribution in [0.15, 0.2) is 11.6 Å². The summed E-state index contributed by atoms with van der Waals surface area (Å²) < 4.78 is 0. The topological polar surface area (TPSA) is 20.2 Å². The Labute approximate surface area is 86.1 Å². The normalized spacial score (nSPS) is 10.1. The molecule has 0 saturated heterocycles. The molecule has 0 heterocycles. The summed E-state index contributed by atoms with van der Waals surface area (Å²) in [7, 11) is 0. The van der Waals surface area contributed by atoms with Gasteiger partial charge in [-0.1, -0.05) is 17.7 Å². The zero-order valence-corrected chi connectivity index (χ0v) is 9.60. The van der Waals surface area contributed by atoms with Crippen LogP contribution in [-0.2, 0) is 0 Å². The van der Waals surface area contributed by atoms with Crippen molar-refractivity contribution in [3.63, 3.8) is 0 Å². The van der Waals surface area contributed by atoms with Gasteiger partial charge >= 0.3 is 0 Å². The highest BCUT2D eigenvalue weighted by atomic mass is 16.3. The molecule has 0 bridgehead atoms. The van der Waals surface area contributed by atoms with Crippen molar-refractivity contribution in [1.29, 1.82) is 0 Å². The smallest absolute Gasteiger partial charge is 0.126 e. The maximum atomic E-state index is 9.96. The highest BCUT2D eigenvalue weighted by Crippen LogP contribution is 2.29. The van der Waals surface area contributed by atoms with E-state index in [1.54, 1.807) is 0 Å². The Morgan fingerprint density at radius 2 is 1.71 bits per heavy atom. The number of aryl methyl sites for hydroxylation is 2. The van der Waals surface area contributed by atoms with Crippen LogP contribution < -0.4 is 0 Å². The molecular formula is C13H18O. The zero-order valence-electron chi connectivity index (χ0n) is 9.60. The molecule has 0 aliphatic rings. The molecule has 14 heavy (non-hydrogen) atoms. The fraction of sp³-hybridized carbons (Fsp3) is 0.385. The second-order valence-electron chi connectivity index (χ2n) is 4.12. The molecule has 1 rings (SSSR count). The van der Waals surface area contributed by atoms with E-state index in [9.17, 15) is 5.11 Å². The number of phenolic OH excluding ortho intramolecular Hbond substituents is 1. The largest absolute Gasteiger partial charge is 0.507 e. The maximum absolute atomic E-state index is 9.96. The van der Waals surface area contributed by atoms with Gasteiger partial charge < -0.3 is 5.11 Å². The molecule has 0 aliphatic heterocycles. The Balaban J connectivity index is 3.44. The van der Waals surface area contributed by atoms with E-state index in [2.05, 4.69) is 6.07 Å². The van der Waals surface area contributed by atoms with Crippen LogP contribution in [0.2, 0.25) is 0 Å². The van der Waals surface area contributed by atoms with Crippen molar-refractivity contribution in [2.24, 2.45) is 0 Å². The highest BCUT2D eigenvalue weighted by molar-refractivity contribution is 5.65. The Bertz CT molecular complexity index is 383. The number of hydrogen-bond donors (Lipinski definition) is 1. The standard InChI is InChI=1S/C13H18O/c1-8(2)6-12-10(4)7-9(3)11(5)13(12)14/h6-7,14H,1-5H3. The minimum atomic E-state index is 0.420. The predicted octanol–water partition coefficient (Wildman–Crippen LogP) is 3.74. The van der Waals surface area contributed by atoms with E-state index >= 15 is 0 Å². The molecule has 0 fully saturated rings. The Morgan fingerprint density at radius 1 is 1.14 bits per heavy atom. The quantitative estimate of drug-likeness (QED) is 0.715. The summed E-state index contributed by atoms with van der Waals surface area (Å²) >= 11 is 0. The van der Waals surface area contributed by atoms with E-state index in [-0.39, 0.29) is 0 Å². The van der Waals surface area contributed by atoms with Gasteiger partial charge in [-0.2, -0.15) is 0 Å². The number of rotatable bonds is 1. The predicted molar refractivity (Wildman–Crippen MR) is 61.6 cm³/mol. The van der Waals surface area contributed by atoms with E-state index in [4.69, 9.17) is 0 Å². The molecule has 76 valence electrons. The third kappa shape index (κ3) is 1.98. The third-order valence-electron chi connectivity index (χ3n) is 2.49. The molecular weight excluding hydrogens is 172 g/mol. The van der Waals surface area contributed by atoms with E-state index in [0.29, 0.717) is 5.75 Å². The minimum Gasteiger partial charge on any atom is -0.507 e. The number of allylic oxidation sites excluding steroid dienone is 1. The van der Waals surface area contributed by atoms with Crippen molar-refractivity contribution in [2.75, 3.05) is 0 Å². The lowest BCUT2D eigenvalue weighted by molar-refractivity contribution is 0.468. The summed E-state index contributed by atoms with van der Waals surface area (Å²) in [6.07, 6.45) is 2.02. The van der Waals surface area contributed by atoms with Crippen LogP contribution in [0.1, 0.15) is 36.1 Å². The van der Waals surface area contributed by atoms with Gasteiger partial charge in [-0.05, 0) is 51.3 Å². The van der Waals surface area contributed by atoms with Crippen molar-refractivity contribution in [3.8, 4) is 5.75 Å². The van der Waals surface area contributed by atoms with Gasteiger partial charge in [-0.3, -0.25) is 0 Å². The van der Waals surface area contributed by atoms with Crippen LogP contribution >= 0.6 is 0 Å². The Morgan fingerprint density at radius 3 is 2.21 bits per heavy atom. The maximum Gasteiger partial charge on any atom is 0.126 e. The van der Waals surface area contributed by atoms with Gasteiger partial charge in [0.15, 0.2) is 0 Å². The monoisotopic (exact) mass is 190 g/mol. The first-order valence-corrected chi connectivity index (χ1v) is 4.88. The summed E-state index contributed by atoms with van der Waals surface area (Å²) in [6, 6.07) is 2.11. The molecule has 1 N–H and O–H groups in total. The number of aromatic hydroxyl groups is 1. The van der Waals surface area contributed by atoms with Crippen molar-refractivity contribution in [2.45, 2.75) is 34.6 Å². The lowest BCUT2D eigenvalue weighted by Crippen LogP contribution is -1.90. The first kappa shape index (κ1) is 10.8. The van der Waals surface area contributed by atoms with Gasteiger partial charge in [0.05, 0.1) is 0 Å². The third-order valence-corrected chi connectivity index (χ3v) is 2.49. The van der Waals surface area contributed by atoms with Gasteiger partial charge in [0.2, 0.25) is 0 Å². The zero-order chi connectivity index (χ0) is 10.9. The Kier molecular flexibility index (Phi) is 3.00. The highest BCUT2D eigenvalue weighted by Gasteiger charge is 2.07. The summed E-state index contributed by atoms with van der Waals surface area (Å²) in [5.41, 5.74) is 5.40. The van der Waals surface area contributed by atoms with Crippen LogP contribution in [0, 0.1) is 20.8 Å². The average molecular weight is 190 g/mol. The van der Waals surface area contributed by atoms with E-state index < -0.39 is 0 Å². The molecule has 0 aliphatic carbocycles. The Hall–Kier alpha value is -1.24. The number of phenols is 1. The van der Waals surface area contributed by atoms with Crippen molar-refractivity contribution in [3.05, 3.63) is 33.9 Å². The minimum absolute atomic E-state index is 0.420. The van der Waals surface area contributed by atoms with Gasteiger partial charge in [-0.15, -0.1) is 0 Å². The van der Waals surface area contributed by atoms with Gasteiger partial charge in [-0.25, -0.2) is 0 Å². The van der Waals surface area contributed by atoms with Crippen LogP contribution in [0.3, 0.4) is 0 Å². The second-order valence-corrected chi connectivity index (χ2v) is 4.12. The first-order valence-electron chi connectivity index (χ1n) is 4.88. The van der Waals surface area contributed by atoms with Crippen LogP contribution in [0.5, 0.6) is 5.75 Å². The molecule has 0 atom stereocenters. The van der Waals surface area contributed by atoms with Crippen molar-refractivity contribution in [1.82, 2.24) is 0 Å². The molecule has 1 heteroatoms. The fourth-order valence-corrected chi connectivity index (χ4v) is 1.56. The molecule has 1 aromatic carbocycles. The lowest BCUT2D eigenvalue weighted by atomic mass is 9.98. The molecule has 0 aromatic heterocycles. The SMILES string of the molecule is CC(C)=Cc1c(C)cc(C)c(C)c1O. The number of benzene rings is 1. The average Bonchev–Trinajstić information content (AvgIpc) is 2.09. The van der Waals surface area contributed by atoms with E-state index in [1.165, 1.54) is 5.57 Å². The van der Waals surface area contributed by atoms with Gasteiger partial charge in [0.1, 0.15) is 5.75 Å². The fourth-order valence-electron chi connectivity index (χ4n) is 1.56. The second kappa shape index (κ2) is 3.87. The van der Waals surface area contributed by atoms with Gasteiger partial charge in [0, 0.05) is 5.56 Å². The van der Waals surface area contributed by atoms with Crippen LogP contribution in [0.25, 0.3) is 6.08 Å². The van der Waals surface area contributed by atoms with Gasteiger partial charge in [0.25, 0.3) is 0 Å². The molecule has 0 amide bonds. The molecule has 1 nitrogen and oxygen atoms in total. The summed E-state index contributed by atoms with van der Waals surface area (Å²) in [5, 5.41) is 9.96. The first-order chi connectivity index (χ1) is 6.43. The van der Waals surface area contributed by atoms with E-state index in [1.807, 2.05) is 40.7 Å². The van der Waals surface area contributed by atoms with Crippen molar-refractivity contribution >= 4 is 6.08 Å². The molecule has 1 aromatic rings. The summed E-state index contributed by atoms with van der Waals surface area (Å²) in [6.45, 7) is 10.1. The van der Waals surface area contributed by atoms with E-state index in [0.717, 1.165) is 22.3 Å². The lowest BCUT2D eigenvalue weighted by Gasteiger charge is -2.10. The van der Waals surface area contributed by atoms with Crippen LogP contribution in [-0.4, -0.2) is 5.11 Å².